The molecule has 0 aromatic carbocycles. The maximum Gasteiger partial charge on any atom is 0.469 e. The molecule has 0 bridgehead atoms. The molecule has 2 N–H and O–H groups in total. The minimum absolute atomic E-state index is 0.00154. The van der Waals surface area contributed by atoms with Crippen LogP contribution in [-0.2, 0) is 23.4 Å². The fourth-order valence-corrected chi connectivity index (χ4v) is 4.88. The number of esters is 1. The predicted octanol–water partition coefficient (Wildman–Crippen LogP) is 9.55. The Kier molecular flexibility index (Phi) is 28.0. The van der Waals surface area contributed by atoms with Crippen LogP contribution in [0.2, 0.25) is 0 Å². The van der Waals surface area contributed by atoms with Crippen LogP contribution in [0.1, 0.15) is 162 Å². The fraction of sp³-hybridized carbons (Fsp3) is 0.903. The highest BCUT2D eigenvalue weighted by atomic mass is 31.2. The van der Waals surface area contributed by atoms with E-state index >= 15 is 0 Å². The molecular formula is C31H61O7P. The Hall–Kier alpha value is -0.880. The summed E-state index contributed by atoms with van der Waals surface area (Å²) in [7, 11) is -4.65. The number of carbonyl (C=O) groups excluding carboxylic acids is 1. The lowest BCUT2D eigenvalue weighted by atomic mass is 10.0. The Labute approximate surface area is 240 Å². The van der Waals surface area contributed by atoms with Crippen LogP contribution in [-0.4, -0.2) is 35.1 Å². The minimum Gasteiger partial charge on any atom is -0.498 e. The van der Waals surface area contributed by atoms with Gasteiger partial charge in [-0.1, -0.05) is 136 Å². The van der Waals surface area contributed by atoms with Gasteiger partial charge in [-0.2, -0.15) is 0 Å². The Morgan fingerprint density at radius 2 is 1.10 bits per heavy atom. The Balaban J connectivity index is 3.91. The normalized spacial score (nSPS) is 12.7. The van der Waals surface area contributed by atoms with Crippen LogP contribution in [0, 0.1) is 0 Å². The number of hydrogen-bond donors (Lipinski definition) is 2. The molecule has 0 rings (SSSR count). The molecular weight excluding hydrogens is 515 g/mol. The van der Waals surface area contributed by atoms with Crippen molar-refractivity contribution in [3.05, 3.63) is 12.3 Å². The van der Waals surface area contributed by atoms with Gasteiger partial charge in [-0.05, 0) is 25.3 Å². The van der Waals surface area contributed by atoms with Gasteiger partial charge in [0.2, 0.25) is 0 Å². The molecule has 0 aliphatic carbocycles. The summed E-state index contributed by atoms with van der Waals surface area (Å²) < 4.78 is 26.5. The van der Waals surface area contributed by atoms with E-state index in [1.165, 1.54) is 109 Å². The smallest absolute Gasteiger partial charge is 0.469 e. The fourth-order valence-electron chi connectivity index (χ4n) is 4.52. The largest absolute Gasteiger partial charge is 0.498 e. The zero-order valence-electron chi connectivity index (χ0n) is 25.3. The first-order valence-electron chi connectivity index (χ1n) is 16.0. The molecule has 0 fully saturated rings. The van der Waals surface area contributed by atoms with E-state index in [1.54, 1.807) is 6.26 Å². The quantitative estimate of drug-likeness (QED) is 0.0380. The van der Waals surface area contributed by atoms with Gasteiger partial charge in [0.1, 0.15) is 6.61 Å². The van der Waals surface area contributed by atoms with Crippen LogP contribution in [0.25, 0.3) is 0 Å². The van der Waals surface area contributed by atoms with E-state index in [1.807, 2.05) is 6.08 Å². The summed E-state index contributed by atoms with van der Waals surface area (Å²) >= 11 is 0. The molecule has 0 aliphatic heterocycles. The monoisotopic (exact) mass is 576 g/mol. The molecule has 0 amide bonds. The Morgan fingerprint density at radius 1 is 0.667 bits per heavy atom. The second-order valence-corrected chi connectivity index (χ2v) is 12.1. The molecule has 0 heterocycles. The van der Waals surface area contributed by atoms with Crippen LogP contribution >= 0.6 is 7.82 Å². The summed E-state index contributed by atoms with van der Waals surface area (Å²) in [5.74, 6) is -0.388. The number of unbranched alkanes of at least 4 members (excludes halogenated alkanes) is 20. The van der Waals surface area contributed by atoms with E-state index in [-0.39, 0.29) is 19.0 Å². The minimum atomic E-state index is -4.65. The molecule has 1 atom stereocenters. The van der Waals surface area contributed by atoms with Gasteiger partial charge < -0.3 is 19.3 Å². The van der Waals surface area contributed by atoms with Crippen molar-refractivity contribution in [3.63, 3.8) is 0 Å². The molecule has 0 aliphatic rings. The molecule has 7 nitrogen and oxygen atoms in total. The van der Waals surface area contributed by atoms with E-state index < -0.39 is 20.5 Å². The SMILES string of the molecule is CCCCCCCCCCCCCC/C=C\OC[C@H](COP(=O)(O)O)OC(=O)CCCCCCCCCCC. The zero-order chi connectivity index (χ0) is 28.9. The highest BCUT2D eigenvalue weighted by Crippen LogP contribution is 2.35. The van der Waals surface area contributed by atoms with Gasteiger partial charge in [0.25, 0.3) is 0 Å². The van der Waals surface area contributed by atoms with Gasteiger partial charge in [-0.25, -0.2) is 4.57 Å². The second-order valence-electron chi connectivity index (χ2n) is 10.9. The molecule has 39 heavy (non-hydrogen) atoms. The number of phosphoric acid groups is 1. The second kappa shape index (κ2) is 28.6. The van der Waals surface area contributed by atoms with Gasteiger partial charge in [0.15, 0.2) is 6.10 Å². The van der Waals surface area contributed by atoms with Crippen LogP contribution in [0.5, 0.6) is 0 Å². The van der Waals surface area contributed by atoms with Crippen molar-refractivity contribution in [2.24, 2.45) is 0 Å². The van der Waals surface area contributed by atoms with Crippen molar-refractivity contribution >= 4 is 13.8 Å². The summed E-state index contributed by atoms with van der Waals surface area (Å²) in [5, 5.41) is 0. The summed E-state index contributed by atoms with van der Waals surface area (Å²) in [5.41, 5.74) is 0. The molecule has 0 aromatic rings. The Bertz CT molecular complexity index is 606. The maximum absolute atomic E-state index is 12.2. The lowest BCUT2D eigenvalue weighted by Crippen LogP contribution is -2.27. The van der Waals surface area contributed by atoms with Crippen LogP contribution < -0.4 is 0 Å². The van der Waals surface area contributed by atoms with Gasteiger partial charge in [-0.15, -0.1) is 0 Å². The van der Waals surface area contributed by atoms with Crippen LogP contribution in [0.4, 0.5) is 0 Å². The van der Waals surface area contributed by atoms with E-state index in [0.29, 0.717) is 0 Å². The summed E-state index contributed by atoms with van der Waals surface area (Å²) in [6.07, 6.45) is 30.1. The van der Waals surface area contributed by atoms with Crippen molar-refractivity contribution in [1.82, 2.24) is 0 Å². The molecule has 0 radical (unpaired) electrons. The molecule has 0 saturated heterocycles. The molecule has 0 spiro atoms. The number of phosphoric ester groups is 1. The third kappa shape index (κ3) is 31.5. The van der Waals surface area contributed by atoms with Crippen LogP contribution in [0.15, 0.2) is 12.3 Å². The number of rotatable bonds is 30. The standard InChI is InChI=1S/C31H61O7P/c1-3-5-7-9-11-13-14-15-16-17-19-21-23-25-27-36-28-30(29-37-39(33,34)35)38-31(32)26-24-22-20-18-12-10-8-6-4-2/h25,27,30H,3-24,26,28-29H2,1-2H3,(H2,33,34,35)/b27-25-/t30-/m1/s1. The van der Waals surface area contributed by atoms with Crippen molar-refractivity contribution in [2.75, 3.05) is 13.2 Å². The van der Waals surface area contributed by atoms with E-state index in [4.69, 9.17) is 19.3 Å². The lowest BCUT2D eigenvalue weighted by molar-refractivity contribution is -0.153. The predicted molar refractivity (Wildman–Crippen MR) is 161 cm³/mol. The van der Waals surface area contributed by atoms with Crippen molar-refractivity contribution in [3.8, 4) is 0 Å². The first-order valence-corrected chi connectivity index (χ1v) is 17.6. The number of carbonyl (C=O) groups is 1. The van der Waals surface area contributed by atoms with E-state index in [2.05, 4.69) is 18.4 Å². The van der Waals surface area contributed by atoms with Gasteiger partial charge >= 0.3 is 13.8 Å². The Morgan fingerprint density at radius 3 is 1.56 bits per heavy atom. The highest BCUT2D eigenvalue weighted by molar-refractivity contribution is 7.46. The highest BCUT2D eigenvalue weighted by Gasteiger charge is 2.21. The van der Waals surface area contributed by atoms with E-state index in [0.717, 1.165) is 32.1 Å². The molecule has 232 valence electrons. The van der Waals surface area contributed by atoms with Crippen molar-refractivity contribution in [2.45, 2.75) is 168 Å². The number of allylic oxidation sites excluding steroid dienone is 1. The third-order valence-corrected chi connectivity index (χ3v) is 7.40. The first kappa shape index (κ1) is 38.1. The van der Waals surface area contributed by atoms with Crippen molar-refractivity contribution < 1.29 is 33.1 Å². The molecule has 0 aromatic heterocycles. The average Bonchev–Trinajstić information content (AvgIpc) is 2.90. The summed E-state index contributed by atoms with van der Waals surface area (Å²) in [6, 6.07) is 0. The molecule has 0 saturated carbocycles. The lowest BCUT2D eigenvalue weighted by Gasteiger charge is -2.18. The van der Waals surface area contributed by atoms with Crippen LogP contribution in [0.3, 0.4) is 0 Å². The molecule has 8 heteroatoms. The van der Waals surface area contributed by atoms with E-state index in [9.17, 15) is 9.36 Å². The third-order valence-electron chi connectivity index (χ3n) is 6.91. The average molecular weight is 577 g/mol. The van der Waals surface area contributed by atoms with Crippen molar-refractivity contribution in [1.29, 1.82) is 0 Å². The number of ether oxygens (including phenoxy) is 2. The van der Waals surface area contributed by atoms with Gasteiger partial charge in [0, 0.05) is 6.42 Å². The topological polar surface area (TPSA) is 102 Å². The van der Waals surface area contributed by atoms with Gasteiger partial charge in [-0.3, -0.25) is 9.32 Å². The number of hydrogen-bond acceptors (Lipinski definition) is 5. The maximum atomic E-state index is 12.2. The summed E-state index contributed by atoms with van der Waals surface area (Å²) in [6.45, 7) is 4.07. The first-order chi connectivity index (χ1) is 18.9. The van der Waals surface area contributed by atoms with Gasteiger partial charge in [0.05, 0.1) is 12.9 Å². The summed E-state index contributed by atoms with van der Waals surface area (Å²) in [4.78, 5) is 30.2. The zero-order valence-corrected chi connectivity index (χ0v) is 26.2. The molecule has 0 unspecified atom stereocenters.